The maximum absolute atomic E-state index is 13.1. The number of hydrogen-bond acceptors (Lipinski definition) is 5. The minimum absolute atomic E-state index is 0.0874. The molecule has 0 aliphatic heterocycles. The summed E-state index contributed by atoms with van der Waals surface area (Å²) in [4.78, 5) is 12.2. The minimum atomic E-state index is -4.39. The van der Waals surface area contributed by atoms with E-state index in [4.69, 9.17) is 16.3 Å². The van der Waals surface area contributed by atoms with Crippen molar-refractivity contribution in [3.8, 4) is 5.75 Å². The van der Waals surface area contributed by atoms with Crippen molar-refractivity contribution >= 4 is 17.4 Å². The highest BCUT2D eigenvalue weighted by atomic mass is 35.5. The fraction of sp³-hybridized carbons (Fsp3) is 0.632. The van der Waals surface area contributed by atoms with Gasteiger partial charge in [0.1, 0.15) is 5.82 Å². The van der Waals surface area contributed by atoms with Crippen LogP contribution in [0.5, 0.6) is 5.75 Å². The molecule has 6 fully saturated rings. The molecule has 0 radical (unpaired) electrons. The van der Waals surface area contributed by atoms with E-state index in [1.54, 1.807) is 24.9 Å². The number of nitrogens with one attached hydrogen (secondary N) is 1. The molecule has 0 unspecified atom stereocenters. The molecule has 6 aliphatic rings. The van der Waals surface area contributed by atoms with E-state index < -0.39 is 11.9 Å². The molecule has 152 valence electrons. The van der Waals surface area contributed by atoms with E-state index in [-0.39, 0.29) is 16.1 Å². The topological polar surface area (TPSA) is 64.9 Å². The van der Waals surface area contributed by atoms with Crippen LogP contribution in [-0.2, 0) is 18.6 Å². The molecule has 0 amide bonds. The molecule has 6 saturated carbocycles. The first-order valence-corrected chi connectivity index (χ1v) is 10.1. The number of imidazole rings is 1. The van der Waals surface area contributed by atoms with Gasteiger partial charge in [0.25, 0.3) is 0 Å². The van der Waals surface area contributed by atoms with Crippen LogP contribution in [0.3, 0.4) is 0 Å². The zero-order chi connectivity index (χ0) is 20.1. The van der Waals surface area contributed by atoms with E-state index in [2.05, 4.69) is 20.3 Å². The minimum Gasteiger partial charge on any atom is -0.491 e. The van der Waals surface area contributed by atoms with Gasteiger partial charge in [-0.15, -0.1) is 0 Å². The number of aromatic nitrogens is 4. The second kappa shape index (κ2) is 4.50. The molecule has 8 rings (SSSR count). The van der Waals surface area contributed by atoms with Crippen LogP contribution >= 0.6 is 11.6 Å². The quantitative estimate of drug-likeness (QED) is 0.749. The molecule has 2 heterocycles. The Morgan fingerprint density at radius 1 is 1.17 bits per heavy atom. The Balaban J connectivity index is 1.13. The van der Waals surface area contributed by atoms with Crippen molar-refractivity contribution in [2.45, 2.75) is 11.6 Å². The average Bonchev–Trinajstić information content (AvgIpc) is 3.08. The van der Waals surface area contributed by atoms with Crippen LogP contribution in [0.2, 0.25) is 5.28 Å². The summed E-state index contributed by atoms with van der Waals surface area (Å²) in [5.41, 5.74) is -0.592. The Bertz CT molecular complexity index is 1040. The lowest BCUT2D eigenvalue weighted by atomic mass is 8.92. The normalized spacial score (nSPS) is 43.9. The summed E-state index contributed by atoms with van der Waals surface area (Å²) in [5.74, 6) is 5.02. The van der Waals surface area contributed by atoms with Crippen molar-refractivity contribution in [3.63, 3.8) is 0 Å². The molecule has 0 spiro atoms. The van der Waals surface area contributed by atoms with Crippen LogP contribution in [-0.4, -0.2) is 33.2 Å². The van der Waals surface area contributed by atoms with Gasteiger partial charge in [-0.2, -0.15) is 18.2 Å². The molecule has 2 aromatic rings. The second-order valence-electron chi connectivity index (χ2n) is 9.17. The summed E-state index contributed by atoms with van der Waals surface area (Å²) in [6.07, 6.45) is -1.71. The van der Waals surface area contributed by atoms with E-state index in [0.29, 0.717) is 52.9 Å². The summed E-state index contributed by atoms with van der Waals surface area (Å²) >= 11 is 5.91. The monoisotopic (exact) mass is 423 g/mol. The van der Waals surface area contributed by atoms with Crippen LogP contribution in [0.15, 0.2) is 12.4 Å². The average molecular weight is 424 g/mol. The third kappa shape index (κ3) is 1.41. The van der Waals surface area contributed by atoms with Gasteiger partial charge in [0.2, 0.25) is 5.28 Å². The Kier molecular flexibility index (Phi) is 2.60. The number of alkyl halides is 3. The number of halogens is 4. The third-order valence-electron chi connectivity index (χ3n) is 8.90. The SMILES string of the molecule is COc1cnc(Cl)nc1NCC12C3C4C1C1C2C3C41c1nc(C(F)(F)F)cn1C. The molecule has 0 aromatic carbocycles. The number of hydrogen-bond donors (Lipinski definition) is 1. The summed E-state index contributed by atoms with van der Waals surface area (Å²) in [5, 5.41) is 3.56. The van der Waals surface area contributed by atoms with Crippen LogP contribution in [0.25, 0.3) is 0 Å². The maximum atomic E-state index is 13.1. The van der Waals surface area contributed by atoms with E-state index in [0.717, 1.165) is 12.7 Å². The zero-order valence-electron chi connectivity index (χ0n) is 15.5. The van der Waals surface area contributed by atoms with Gasteiger partial charge in [0, 0.05) is 25.2 Å². The smallest absolute Gasteiger partial charge is 0.434 e. The first-order chi connectivity index (χ1) is 13.8. The van der Waals surface area contributed by atoms with Crippen LogP contribution in [0.4, 0.5) is 19.0 Å². The first-order valence-electron chi connectivity index (χ1n) is 9.69. The van der Waals surface area contributed by atoms with Crippen LogP contribution in [0.1, 0.15) is 11.5 Å². The molecule has 1 N–H and O–H groups in total. The molecule has 6 nitrogen and oxygen atoms in total. The van der Waals surface area contributed by atoms with E-state index in [1.807, 2.05) is 0 Å². The number of rotatable bonds is 5. The van der Waals surface area contributed by atoms with Crippen LogP contribution in [0, 0.1) is 40.9 Å². The number of ether oxygens (including phenoxy) is 1. The Labute approximate surface area is 168 Å². The van der Waals surface area contributed by atoms with Crippen molar-refractivity contribution in [1.29, 1.82) is 0 Å². The Hall–Kier alpha value is -2.03. The summed E-state index contributed by atoms with van der Waals surface area (Å²) in [7, 11) is 3.26. The molecule has 0 saturated heterocycles. The van der Waals surface area contributed by atoms with Crippen molar-refractivity contribution in [2.24, 2.45) is 48.0 Å². The highest BCUT2D eigenvalue weighted by Crippen LogP contribution is 3.09. The van der Waals surface area contributed by atoms with Crippen molar-refractivity contribution < 1.29 is 17.9 Å². The van der Waals surface area contributed by atoms with Crippen molar-refractivity contribution in [2.75, 3.05) is 19.0 Å². The van der Waals surface area contributed by atoms with Gasteiger partial charge in [0.15, 0.2) is 17.3 Å². The molecule has 10 heteroatoms. The Morgan fingerprint density at radius 3 is 2.38 bits per heavy atom. The van der Waals surface area contributed by atoms with Gasteiger partial charge in [-0.1, -0.05) is 0 Å². The number of aryl methyl sites for hydroxylation is 1. The summed E-state index contributed by atoms with van der Waals surface area (Å²) < 4.78 is 46.2. The predicted octanol–water partition coefficient (Wildman–Crippen LogP) is 2.99. The summed E-state index contributed by atoms with van der Waals surface area (Å²) in [6, 6.07) is 0. The van der Waals surface area contributed by atoms with Gasteiger partial charge in [-0.3, -0.25) is 0 Å². The van der Waals surface area contributed by atoms with Gasteiger partial charge < -0.3 is 14.6 Å². The number of nitrogens with zero attached hydrogens (tertiary/aromatic N) is 4. The second-order valence-corrected chi connectivity index (χ2v) is 9.51. The van der Waals surface area contributed by atoms with Gasteiger partial charge >= 0.3 is 6.18 Å². The third-order valence-corrected chi connectivity index (χ3v) is 9.08. The van der Waals surface area contributed by atoms with Gasteiger partial charge in [-0.25, -0.2) is 9.97 Å². The number of methoxy groups -OCH3 is 1. The van der Waals surface area contributed by atoms with E-state index in [1.165, 1.54) is 0 Å². The lowest BCUT2D eigenvalue weighted by Crippen LogP contribution is -3.12. The molecular weight excluding hydrogens is 407 g/mol. The number of anilines is 1. The zero-order valence-corrected chi connectivity index (χ0v) is 16.3. The standard InChI is InChI=1S/C19H17ClF3N5O/c1-28-4-7(19(21,22)23)26-15(28)18-11-8-12(18)10-13(18)9(11)17(8,10)5-25-14-6(29-2)3-24-16(20)27-14/h3-4,8-13H,5H2,1-2H3,(H,24,25,27). The molecule has 2 aromatic heterocycles. The van der Waals surface area contributed by atoms with E-state index >= 15 is 0 Å². The highest BCUT2D eigenvalue weighted by Gasteiger charge is 3.10. The molecule has 6 aliphatic carbocycles. The fourth-order valence-corrected chi connectivity index (χ4v) is 8.55. The lowest BCUT2D eigenvalue weighted by Gasteiger charge is -3.11. The van der Waals surface area contributed by atoms with Crippen LogP contribution < -0.4 is 10.1 Å². The lowest BCUT2D eigenvalue weighted by molar-refractivity contribution is -0.626. The predicted molar refractivity (Wildman–Crippen MR) is 95.3 cm³/mol. The highest BCUT2D eigenvalue weighted by molar-refractivity contribution is 6.28. The van der Waals surface area contributed by atoms with Crippen molar-refractivity contribution in [3.05, 3.63) is 29.2 Å². The molecule has 0 atom stereocenters. The van der Waals surface area contributed by atoms with E-state index in [9.17, 15) is 13.2 Å². The maximum Gasteiger partial charge on any atom is 0.434 e. The van der Waals surface area contributed by atoms with Gasteiger partial charge in [-0.05, 0) is 52.5 Å². The molecular formula is C19H17ClF3N5O. The van der Waals surface area contributed by atoms with Crippen molar-refractivity contribution in [1.82, 2.24) is 19.5 Å². The largest absolute Gasteiger partial charge is 0.491 e. The molecule has 0 bridgehead atoms. The Morgan fingerprint density at radius 2 is 1.83 bits per heavy atom. The van der Waals surface area contributed by atoms with Gasteiger partial charge in [0.05, 0.1) is 13.3 Å². The first kappa shape index (κ1) is 16.7. The fourth-order valence-electron chi connectivity index (χ4n) is 8.42. The molecule has 29 heavy (non-hydrogen) atoms. The summed E-state index contributed by atoms with van der Waals surface area (Å²) in [6.45, 7) is 0.796.